The van der Waals surface area contributed by atoms with Gasteiger partial charge in [-0.3, -0.25) is 4.79 Å². The van der Waals surface area contributed by atoms with Crippen molar-refractivity contribution in [2.24, 2.45) is 5.41 Å². The Morgan fingerprint density at radius 3 is 2.08 bits per heavy atom. The fourth-order valence-electron chi connectivity index (χ4n) is 4.99. The van der Waals surface area contributed by atoms with Crippen LogP contribution < -0.4 is 10.1 Å². The van der Waals surface area contributed by atoms with E-state index in [-0.39, 0.29) is 23.4 Å². The molecule has 0 aliphatic heterocycles. The number of carbonyl (C=O) groups is 1. The zero-order valence-corrected chi connectivity index (χ0v) is 25.1. The van der Waals surface area contributed by atoms with Crippen molar-refractivity contribution in [3.63, 3.8) is 0 Å². The molecule has 212 valence electrons. The first-order valence-electron chi connectivity index (χ1n) is 14.3. The van der Waals surface area contributed by atoms with Crippen LogP contribution >= 0.6 is 0 Å². The predicted octanol–water partition coefficient (Wildman–Crippen LogP) is 7.73. The van der Waals surface area contributed by atoms with Crippen LogP contribution in [0.3, 0.4) is 0 Å². The number of carbonyl (C=O) groups excluding carboxylic acids is 1. The number of hydrogen-bond donors (Lipinski definition) is 2. The lowest BCUT2D eigenvalue weighted by atomic mass is 9.70. The van der Waals surface area contributed by atoms with Crippen molar-refractivity contribution in [3.8, 4) is 5.75 Å². The lowest BCUT2D eigenvalue weighted by Gasteiger charge is -2.34. The van der Waals surface area contributed by atoms with Crippen molar-refractivity contribution in [1.82, 2.24) is 0 Å². The Morgan fingerprint density at radius 1 is 0.921 bits per heavy atom. The molecule has 0 saturated heterocycles. The van der Waals surface area contributed by atoms with Crippen LogP contribution in [-0.2, 0) is 14.9 Å². The highest BCUT2D eigenvalue weighted by Crippen LogP contribution is 2.41. The van der Waals surface area contributed by atoms with Gasteiger partial charge in [0.15, 0.2) is 0 Å². The first-order valence-corrected chi connectivity index (χ1v) is 14.3. The van der Waals surface area contributed by atoms with Crippen LogP contribution in [0, 0.1) is 19.3 Å². The van der Waals surface area contributed by atoms with E-state index in [0.29, 0.717) is 6.42 Å². The maximum atomic E-state index is 11.2. The molecular formula is C33H51NO4. The highest BCUT2D eigenvalue weighted by Gasteiger charge is 2.31. The number of aliphatic hydroxyl groups is 1. The normalized spacial score (nSPS) is 12.8. The summed E-state index contributed by atoms with van der Waals surface area (Å²) in [6, 6.07) is 13.4. The van der Waals surface area contributed by atoms with E-state index in [0.717, 1.165) is 56.4 Å². The van der Waals surface area contributed by atoms with E-state index in [9.17, 15) is 9.90 Å². The van der Waals surface area contributed by atoms with Gasteiger partial charge in [0.1, 0.15) is 12.4 Å². The molecule has 0 amide bonds. The Balaban J connectivity index is 2.08. The molecule has 5 nitrogen and oxygen atoms in total. The zero-order chi connectivity index (χ0) is 28.3. The number of rotatable bonds is 15. The first-order chi connectivity index (χ1) is 18.0. The summed E-state index contributed by atoms with van der Waals surface area (Å²) in [5, 5.41) is 14.0. The van der Waals surface area contributed by atoms with E-state index in [1.54, 1.807) is 0 Å². The Hall–Kier alpha value is -2.53. The highest BCUT2D eigenvalue weighted by atomic mass is 16.5. The van der Waals surface area contributed by atoms with Gasteiger partial charge >= 0.3 is 5.97 Å². The second-order valence-electron chi connectivity index (χ2n) is 11.7. The van der Waals surface area contributed by atoms with Gasteiger partial charge in [-0.05, 0) is 79.3 Å². The van der Waals surface area contributed by atoms with Gasteiger partial charge in [0.25, 0.3) is 0 Å². The van der Waals surface area contributed by atoms with Crippen molar-refractivity contribution < 1.29 is 19.4 Å². The van der Waals surface area contributed by atoms with E-state index < -0.39 is 6.10 Å². The standard InChI is InChI=1S/C33H51NO4/c1-9-33(10-2,27-17-19-29(25(4)22-27)38-23-30(35)32(5,6)7)26-16-18-28(24(3)21-26)34-20-14-12-11-13-15-31(36)37-8/h16-19,21-22,30,34-35H,9-15,20,23H2,1-8H3. The average molecular weight is 526 g/mol. The molecule has 2 aromatic rings. The highest BCUT2D eigenvalue weighted by molar-refractivity contribution is 5.69. The number of unbranched alkanes of at least 4 members (excludes halogenated alkanes) is 3. The minimum absolute atomic E-state index is 0.0723. The number of ether oxygens (including phenoxy) is 2. The molecular weight excluding hydrogens is 474 g/mol. The third-order valence-corrected chi connectivity index (χ3v) is 7.96. The average Bonchev–Trinajstić information content (AvgIpc) is 2.88. The lowest BCUT2D eigenvalue weighted by molar-refractivity contribution is -0.140. The van der Waals surface area contributed by atoms with Crippen molar-refractivity contribution in [2.75, 3.05) is 25.6 Å². The zero-order valence-electron chi connectivity index (χ0n) is 25.1. The van der Waals surface area contributed by atoms with Gasteiger partial charge in [0, 0.05) is 24.1 Å². The summed E-state index contributed by atoms with van der Waals surface area (Å²) in [7, 11) is 1.44. The first kappa shape index (κ1) is 31.7. The Labute approximate surface area is 231 Å². The second kappa shape index (κ2) is 14.6. The lowest BCUT2D eigenvalue weighted by Crippen LogP contribution is -2.32. The molecule has 1 atom stereocenters. The summed E-state index contributed by atoms with van der Waals surface area (Å²) in [6.07, 6.45) is 6.12. The molecule has 0 heterocycles. The van der Waals surface area contributed by atoms with E-state index in [4.69, 9.17) is 9.47 Å². The minimum atomic E-state index is -0.520. The molecule has 2 N–H and O–H groups in total. The van der Waals surface area contributed by atoms with E-state index >= 15 is 0 Å². The van der Waals surface area contributed by atoms with Crippen LogP contribution in [0.1, 0.15) is 102 Å². The summed E-state index contributed by atoms with van der Waals surface area (Å²) in [6.45, 7) is 16.1. The number of hydrogen-bond acceptors (Lipinski definition) is 5. The number of methoxy groups -OCH3 is 1. The molecule has 1 unspecified atom stereocenters. The number of nitrogens with one attached hydrogen (secondary N) is 1. The Bertz CT molecular complexity index is 1020. The molecule has 0 aliphatic carbocycles. The molecule has 38 heavy (non-hydrogen) atoms. The topological polar surface area (TPSA) is 67.8 Å². The molecule has 0 radical (unpaired) electrons. The van der Waals surface area contributed by atoms with Crippen molar-refractivity contribution in [2.45, 2.75) is 105 Å². The molecule has 0 spiro atoms. The maximum Gasteiger partial charge on any atom is 0.305 e. The summed E-state index contributed by atoms with van der Waals surface area (Å²) in [5.41, 5.74) is 5.89. The number of aliphatic hydroxyl groups excluding tert-OH is 1. The van der Waals surface area contributed by atoms with Gasteiger partial charge in [-0.15, -0.1) is 0 Å². The van der Waals surface area contributed by atoms with E-state index in [1.165, 1.54) is 29.5 Å². The van der Waals surface area contributed by atoms with Gasteiger partial charge in [-0.25, -0.2) is 0 Å². The van der Waals surface area contributed by atoms with Crippen LogP contribution in [0.15, 0.2) is 36.4 Å². The monoisotopic (exact) mass is 525 g/mol. The summed E-state index contributed by atoms with van der Waals surface area (Å²) < 4.78 is 10.7. The van der Waals surface area contributed by atoms with Crippen LogP contribution in [0.2, 0.25) is 0 Å². The van der Waals surface area contributed by atoms with Crippen LogP contribution in [0.25, 0.3) is 0 Å². The fourth-order valence-corrected chi connectivity index (χ4v) is 4.99. The third kappa shape index (κ3) is 8.49. The maximum absolute atomic E-state index is 11.2. The molecule has 2 aromatic carbocycles. The predicted molar refractivity (Wildman–Crippen MR) is 158 cm³/mol. The quantitative estimate of drug-likeness (QED) is 0.184. The molecule has 0 aromatic heterocycles. The van der Waals surface area contributed by atoms with Gasteiger partial charge in [-0.1, -0.05) is 71.7 Å². The molecule has 0 saturated carbocycles. The van der Waals surface area contributed by atoms with Gasteiger partial charge in [0.05, 0.1) is 13.2 Å². The smallest absolute Gasteiger partial charge is 0.305 e. The van der Waals surface area contributed by atoms with Gasteiger partial charge in [-0.2, -0.15) is 0 Å². The van der Waals surface area contributed by atoms with Crippen LogP contribution in [0.5, 0.6) is 5.75 Å². The number of aryl methyl sites for hydroxylation is 2. The minimum Gasteiger partial charge on any atom is -0.491 e. The Kier molecular flexibility index (Phi) is 12.2. The third-order valence-electron chi connectivity index (χ3n) is 7.96. The second-order valence-corrected chi connectivity index (χ2v) is 11.7. The van der Waals surface area contributed by atoms with Crippen molar-refractivity contribution in [3.05, 3.63) is 58.7 Å². The van der Waals surface area contributed by atoms with Crippen LogP contribution in [0.4, 0.5) is 5.69 Å². The Morgan fingerprint density at radius 2 is 1.53 bits per heavy atom. The molecule has 2 rings (SSSR count). The molecule has 0 fully saturated rings. The van der Waals surface area contributed by atoms with Gasteiger partial charge in [0.2, 0.25) is 0 Å². The summed E-state index contributed by atoms with van der Waals surface area (Å²) in [4.78, 5) is 11.2. The summed E-state index contributed by atoms with van der Waals surface area (Å²) in [5.74, 6) is 0.712. The number of benzene rings is 2. The fraction of sp³-hybridized carbons (Fsp3) is 0.606. The van der Waals surface area contributed by atoms with Crippen molar-refractivity contribution >= 4 is 11.7 Å². The van der Waals surface area contributed by atoms with Crippen molar-refractivity contribution in [1.29, 1.82) is 0 Å². The van der Waals surface area contributed by atoms with E-state index in [2.05, 4.69) is 69.4 Å². The number of anilines is 1. The molecule has 0 bridgehead atoms. The SMILES string of the molecule is CCC(CC)(c1ccc(NCCCCCCC(=O)OC)c(C)c1)c1ccc(OCC(O)C(C)(C)C)c(C)c1. The van der Waals surface area contributed by atoms with E-state index in [1.807, 2.05) is 20.8 Å². The molecule has 0 aliphatic rings. The van der Waals surface area contributed by atoms with Crippen LogP contribution in [-0.4, -0.2) is 37.4 Å². The summed E-state index contributed by atoms with van der Waals surface area (Å²) >= 11 is 0. The number of esters is 1. The van der Waals surface area contributed by atoms with Gasteiger partial charge < -0.3 is 19.9 Å². The largest absolute Gasteiger partial charge is 0.491 e. The molecule has 5 heteroatoms.